The first-order chi connectivity index (χ1) is 6.77. The van der Waals surface area contributed by atoms with E-state index in [0.29, 0.717) is 18.2 Å². The normalized spacial score (nSPS) is 18.6. The minimum atomic E-state index is 0.224. The van der Waals surface area contributed by atoms with E-state index in [1.807, 2.05) is 17.8 Å². The first-order valence-corrected chi connectivity index (χ1v) is 4.82. The summed E-state index contributed by atoms with van der Waals surface area (Å²) in [6, 6.07) is 0.224. The standard InChI is InChI=1S/C9H14N4O/c1-3-6-5-11-8-7(10)9(14-4-2)12-13(6)8/h5-6H,3-4,10H2,1-2H3. The Bertz CT molecular complexity index is 369. The van der Waals surface area contributed by atoms with Crippen LogP contribution in [0.4, 0.5) is 11.5 Å². The Hall–Kier alpha value is -1.52. The van der Waals surface area contributed by atoms with Crippen molar-refractivity contribution in [1.82, 2.24) is 9.78 Å². The third-order valence-corrected chi connectivity index (χ3v) is 2.27. The average Bonchev–Trinajstić information content (AvgIpc) is 2.70. The Kier molecular flexibility index (Phi) is 2.15. The molecule has 0 aromatic carbocycles. The van der Waals surface area contributed by atoms with Crippen molar-refractivity contribution in [3.63, 3.8) is 0 Å². The van der Waals surface area contributed by atoms with Crippen LogP contribution in [0.5, 0.6) is 5.88 Å². The molecule has 0 saturated heterocycles. The lowest BCUT2D eigenvalue weighted by molar-refractivity contribution is 0.322. The van der Waals surface area contributed by atoms with E-state index >= 15 is 0 Å². The third-order valence-electron chi connectivity index (χ3n) is 2.27. The molecule has 2 rings (SSSR count). The third kappa shape index (κ3) is 1.16. The van der Waals surface area contributed by atoms with Gasteiger partial charge in [0, 0.05) is 6.21 Å². The number of anilines is 1. The van der Waals surface area contributed by atoms with Gasteiger partial charge in [0.1, 0.15) is 5.69 Å². The molecule has 5 heteroatoms. The number of nitrogens with zero attached hydrogens (tertiary/aromatic N) is 3. The number of hydrogen-bond acceptors (Lipinski definition) is 4. The van der Waals surface area contributed by atoms with Crippen LogP contribution in [0.2, 0.25) is 0 Å². The summed E-state index contributed by atoms with van der Waals surface area (Å²) in [5, 5.41) is 4.28. The summed E-state index contributed by atoms with van der Waals surface area (Å²) in [7, 11) is 0. The number of fused-ring (bicyclic) bond motifs is 1. The second-order valence-electron chi connectivity index (χ2n) is 3.17. The van der Waals surface area contributed by atoms with Crippen LogP contribution >= 0.6 is 0 Å². The molecule has 1 aliphatic rings. The molecule has 5 nitrogen and oxygen atoms in total. The summed E-state index contributed by atoms with van der Waals surface area (Å²) < 4.78 is 7.12. The van der Waals surface area contributed by atoms with Gasteiger partial charge in [-0.25, -0.2) is 9.67 Å². The molecule has 1 aliphatic heterocycles. The molecular formula is C9H14N4O. The van der Waals surface area contributed by atoms with Crippen LogP contribution in [0.25, 0.3) is 0 Å². The number of aliphatic imine (C=N–C) groups is 1. The van der Waals surface area contributed by atoms with Crippen LogP contribution in [0, 0.1) is 0 Å². The number of nitrogens with two attached hydrogens (primary N) is 1. The summed E-state index contributed by atoms with van der Waals surface area (Å²) in [5.41, 5.74) is 6.38. The van der Waals surface area contributed by atoms with Crippen molar-refractivity contribution in [2.24, 2.45) is 4.99 Å². The molecule has 0 saturated carbocycles. The molecule has 1 atom stereocenters. The number of aromatic nitrogens is 2. The molecular weight excluding hydrogens is 180 g/mol. The molecule has 76 valence electrons. The molecule has 0 bridgehead atoms. The van der Waals surface area contributed by atoms with E-state index in [1.54, 1.807) is 0 Å². The fourth-order valence-electron chi connectivity index (χ4n) is 1.52. The highest BCUT2D eigenvalue weighted by molar-refractivity contribution is 5.79. The van der Waals surface area contributed by atoms with Gasteiger partial charge >= 0.3 is 0 Å². The second-order valence-corrected chi connectivity index (χ2v) is 3.17. The molecule has 0 radical (unpaired) electrons. The van der Waals surface area contributed by atoms with Gasteiger partial charge in [0.2, 0.25) is 0 Å². The first kappa shape index (κ1) is 9.05. The van der Waals surface area contributed by atoms with E-state index in [2.05, 4.69) is 17.0 Å². The van der Waals surface area contributed by atoms with Crippen molar-refractivity contribution in [2.75, 3.05) is 12.3 Å². The maximum absolute atomic E-state index is 5.84. The fraction of sp³-hybridized carbons (Fsp3) is 0.556. The number of ether oxygens (including phenoxy) is 1. The second kappa shape index (κ2) is 3.32. The van der Waals surface area contributed by atoms with Crippen LogP contribution in [0.15, 0.2) is 4.99 Å². The van der Waals surface area contributed by atoms with Crippen LogP contribution < -0.4 is 10.5 Å². The maximum Gasteiger partial charge on any atom is 0.258 e. The van der Waals surface area contributed by atoms with Gasteiger partial charge in [-0.15, -0.1) is 5.10 Å². The number of hydrogen-bond donors (Lipinski definition) is 1. The lowest BCUT2D eigenvalue weighted by Crippen LogP contribution is -2.06. The molecule has 1 aromatic heterocycles. The molecule has 0 spiro atoms. The molecule has 2 N–H and O–H groups in total. The van der Waals surface area contributed by atoms with Gasteiger partial charge in [-0.05, 0) is 13.3 Å². The highest BCUT2D eigenvalue weighted by atomic mass is 16.5. The van der Waals surface area contributed by atoms with Gasteiger partial charge in [0.15, 0.2) is 5.82 Å². The van der Waals surface area contributed by atoms with Gasteiger partial charge in [-0.1, -0.05) is 6.92 Å². The summed E-state index contributed by atoms with van der Waals surface area (Å²) in [4.78, 5) is 4.22. The van der Waals surface area contributed by atoms with E-state index in [0.717, 1.165) is 12.2 Å². The first-order valence-electron chi connectivity index (χ1n) is 4.82. The lowest BCUT2D eigenvalue weighted by atomic mass is 10.3. The maximum atomic E-state index is 5.84. The van der Waals surface area contributed by atoms with Crippen LogP contribution in [-0.2, 0) is 0 Å². The SMILES string of the molecule is CCOc1nn2c(c1N)N=CC2CC. The zero-order valence-electron chi connectivity index (χ0n) is 8.40. The molecule has 1 unspecified atom stereocenters. The largest absolute Gasteiger partial charge is 0.475 e. The predicted molar refractivity (Wildman–Crippen MR) is 55.3 cm³/mol. The zero-order valence-corrected chi connectivity index (χ0v) is 8.40. The molecule has 1 aromatic rings. The zero-order chi connectivity index (χ0) is 10.1. The van der Waals surface area contributed by atoms with Crippen molar-refractivity contribution in [2.45, 2.75) is 26.3 Å². The van der Waals surface area contributed by atoms with Crippen molar-refractivity contribution in [3.05, 3.63) is 0 Å². The Balaban J connectivity index is 2.38. The fourth-order valence-corrected chi connectivity index (χ4v) is 1.52. The molecule has 14 heavy (non-hydrogen) atoms. The quantitative estimate of drug-likeness (QED) is 0.793. The Morgan fingerprint density at radius 2 is 2.36 bits per heavy atom. The van der Waals surface area contributed by atoms with Crippen molar-refractivity contribution < 1.29 is 4.74 Å². The van der Waals surface area contributed by atoms with Crippen LogP contribution in [-0.4, -0.2) is 22.6 Å². The van der Waals surface area contributed by atoms with E-state index in [1.165, 1.54) is 0 Å². The van der Waals surface area contributed by atoms with Crippen molar-refractivity contribution in [3.8, 4) is 5.88 Å². The van der Waals surface area contributed by atoms with E-state index in [9.17, 15) is 0 Å². The number of nitrogen functional groups attached to an aromatic ring is 1. The summed E-state index contributed by atoms with van der Waals surface area (Å²) in [6.07, 6.45) is 2.83. The van der Waals surface area contributed by atoms with Gasteiger partial charge < -0.3 is 10.5 Å². The molecule has 2 heterocycles. The Morgan fingerprint density at radius 1 is 1.57 bits per heavy atom. The van der Waals surface area contributed by atoms with Gasteiger partial charge in [0.25, 0.3) is 5.88 Å². The van der Waals surface area contributed by atoms with Crippen molar-refractivity contribution in [1.29, 1.82) is 0 Å². The van der Waals surface area contributed by atoms with Gasteiger partial charge in [-0.3, -0.25) is 0 Å². The summed E-state index contributed by atoms with van der Waals surface area (Å²) in [6.45, 7) is 4.57. The monoisotopic (exact) mass is 194 g/mol. The molecule has 0 amide bonds. The van der Waals surface area contributed by atoms with Crippen LogP contribution in [0.1, 0.15) is 26.3 Å². The van der Waals surface area contributed by atoms with E-state index < -0.39 is 0 Å². The Labute approximate surface area is 82.6 Å². The average molecular weight is 194 g/mol. The summed E-state index contributed by atoms with van der Waals surface area (Å²) in [5.74, 6) is 1.22. The van der Waals surface area contributed by atoms with Crippen LogP contribution in [0.3, 0.4) is 0 Å². The topological polar surface area (TPSA) is 65.4 Å². The summed E-state index contributed by atoms with van der Waals surface area (Å²) >= 11 is 0. The Morgan fingerprint density at radius 3 is 3.00 bits per heavy atom. The smallest absolute Gasteiger partial charge is 0.258 e. The lowest BCUT2D eigenvalue weighted by Gasteiger charge is -2.04. The van der Waals surface area contributed by atoms with Crippen molar-refractivity contribution >= 4 is 17.7 Å². The van der Waals surface area contributed by atoms with E-state index in [-0.39, 0.29) is 6.04 Å². The minimum Gasteiger partial charge on any atom is -0.475 e. The van der Waals surface area contributed by atoms with Gasteiger partial charge in [0.05, 0.1) is 12.6 Å². The predicted octanol–water partition coefficient (Wildman–Crippen LogP) is 1.53. The highest BCUT2D eigenvalue weighted by Gasteiger charge is 2.24. The highest BCUT2D eigenvalue weighted by Crippen LogP contribution is 2.37. The number of rotatable bonds is 3. The van der Waals surface area contributed by atoms with E-state index in [4.69, 9.17) is 10.5 Å². The molecule has 0 aliphatic carbocycles. The minimum absolute atomic E-state index is 0.224. The molecule has 0 fully saturated rings. The van der Waals surface area contributed by atoms with Gasteiger partial charge in [-0.2, -0.15) is 0 Å².